The van der Waals surface area contributed by atoms with E-state index in [-0.39, 0.29) is 5.78 Å². The molecule has 98 valence electrons. The first-order valence-electron chi connectivity index (χ1n) is 6.16. The second-order valence-corrected chi connectivity index (χ2v) is 3.96. The van der Waals surface area contributed by atoms with Crippen molar-refractivity contribution in [2.45, 2.75) is 27.2 Å². The van der Waals surface area contributed by atoms with E-state index >= 15 is 0 Å². The number of hydrogen-bond acceptors (Lipinski definition) is 2. The van der Waals surface area contributed by atoms with Gasteiger partial charge in [0.2, 0.25) is 0 Å². The van der Waals surface area contributed by atoms with Gasteiger partial charge in [-0.1, -0.05) is 42.8 Å². The summed E-state index contributed by atoms with van der Waals surface area (Å²) < 4.78 is 0. The van der Waals surface area contributed by atoms with Crippen LogP contribution >= 0.6 is 0 Å². The van der Waals surface area contributed by atoms with Crippen LogP contribution in [0.15, 0.2) is 48.7 Å². The molecule has 0 aliphatic heterocycles. The highest BCUT2D eigenvalue weighted by Crippen LogP contribution is 2.02. The molecule has 1 N–H and O–H groups in total. The summed E-state index contributed by atoms with van der Waals surface area (Å²) in [6.45, 7) is 5.80. The molecule has 0 aromatic heterocycles. The molecule has 2 heteroatoms. The lowest BCUT2D eigenvalue weighted by Crippen LogP contribution is -1.89. The number of ketones is 1. The molecular formula is C16H23NO. The number of carbonyl (C=O) groups is 1. The maximum atomic E-state index is 10.3. The van der Waals surface area contributed by atoms with Gasteiger partial charge >= 0.3 is 0 Å². The Morgan fingerprint density at radius 3 is 2.28 bits per heavy atom. The van der Waals surface area contributed by atoms with E-state index in [1.54, 1.807) is 25.4 Å². The summed E-state index contributed by atoms with van der Waals surface area (Å²) in [5.74, 6) is 0.0655. The summed E-state index contributed by atoms with van der Waals surface area (Å²) in [6.07, 6.45) is 7.85. The second kappa shape index (κ2) is 10.3. The van der Waals surface area contributed by atoms with E-state index in [9.17, 15) is 4.79 Å². The zero-order chi connectivity index (χ0) is 13.8. The number of carbonyl (C=O) groups excluding carboxylic acids is 1. The third kappa shape index (κ3) is 9.40. The van der Waals surface area contributed by atoms with Gasteiger partial charge in [0.05, 0.1) is 0 Å². The van der Waals surface area contributed by atoms with Crippen molar-refractivity contribution < 1.29 is 4.79 Å². The number of rotatable bonds is 4. The van der Waals surface area contributed by atoms with Crippen molar-refractivity contribution in [2.75, 3.05) is 7.05 Å². The Kier molecular flexibility index (Phi) is 9.28. The van der Waals surface area contributed by atoms with Gasteiger partial charge in [-0.15, -0.1) is 0 Å². The van der Waals surface area contributed by atoms with E-state index in [1.165, 1.54) is 24.1 Å². The van der Waals surface area contributed by atoms with Gasteiger partial charge in [-0.05, 0) is 44.2 Å². The van der Waals surface area contributed by atoms with E-state index in [0.717, 1.165) is 6.42 Å². The third-order valence-electron chi connectivity index (χ3n) is 2.23. The Hall–Kier alpha value is -1.83. The fourth-order valence-corrected chi connectivity index (χ4v) is 1.17. The number of hydrogen-bond donors (Lipinski definition) is 1. The molecule has 1 aromatic carbocycles. The number of benzene rings is 1. The molecule has 0 spiro atoms. The first-order chi connectivity index (χ1) is 8.60. The number of allylic oxidation sites excluding steroid dienone is 3. The number of nitrogens with one attached hydrogen (secondary N) is 1. The van der Waals surface area contributed by atoms with Crippen molar-refractivity contribution >= 4 is 5.78 Å². The second-order valence-electron chi connectivity index (χ2n) is 3.96. The van der Waals surface area contributed by atoms with Crippen LogP contribution in [0.4, 0.5) is 0 Å². The van der Waals surface area contributed by atoms with Crippen molar-refractivity contribution in [3.8, 4) is 0 Å². The van der Waals surface area contributed by atoms with Gasteiger partial charge in [-0.25, -0.2) is 0 Å². The minimum atomic E-state index is 0.0655. The van der Waals surface area contributed by atoms with Crippen LogP contribution in [0.2, 0.25) is 0 Å². The van der Waals surface area contributed by atoms with Crippen molar-refractivity contribution in [3.63, 3.8) is 0 Å². The minimum Gasteiger partial charge on any atom is -0.394 e. The standard InChI is InChI=1S/C9H12.C7H11NO/c1-3-9-6-4-8(2)5-7-9;1-7(9)5-3-4-6-8-2/h4-7H,3H2,1-2H3;3-6,8H,1-2H3/b;5-3-,6-4-. The van der Waals surface area contributed by atoms with Crippen LogP contribution in [0.5, 0.6) is 0 Å². The van der Waals surface area contributed by atoms with Gasteiger partial charge in [0.15, 0.2) is 5.78 Å². The molecule has 0 aliphatic carbocycles. The predicted octanol–water partition coefficient (Wildman–Crippen LogP) is 3.42. The SMILES string of the molecule is CCc1ccc(C)cc1.CN/C=C\C=C/C(C)=O. The summed E-state index contributed by atoms with van der Waals surface area (Å²) in [7, 11) is 1.80. The highest BCUT2D eigenvalue weighted by Gasteiger charge is 1.84. The lowest BCUT2D eigenvalue weighted by molar-refractivity contribution is -0.112. The Labute approximate surface area is 110 Å². The van der Waals surface area contributed by atoms with Crippen LogP contribution in [0.1, 0.15) is 25.0 Å². The maximum absolute atomic E-state index is 10.3. The average Bonchev–Trinajstić information content (AvgIpc) is 2.36. The van der Waals surface area contributed by atoms with E-state index in [4.69, 9.17) is 0 Å². The first kappa shape index (κ1) is 16.2. The Morgan fingerprint density at radius 1 is 1.22 bits per heavy atom. The van der Waals surface area contributed by atoms with E-state index in [0.29, 0.717) is 0 Å². The molecule has 1 aromatic rings. The Bertz CT molecular complexity index is 388. The van der Waals surface area contributed by atoms with Crippen LogP contribution < -0.4 is 5.32 Å². The topological polar surface area (TPSA) is 29.1 Å². The molecular weight excluding hydrogens is 222 g/mol. The maximum Gasteiger partial charge on any atom is 0.152 e. The molecule has 0 saturated carbocycles. The van der Waals surface area contributed by atoms with Gasteiger partial charge in [0, 0.05) is 7.05 Å². The molecule has 0 unspecified atom stereocenters. The average molecular weight is 245 g/mol. The van der Waals surface area contributed by atoms with Gasteiger partial charge < -0.3 is 5.32 Å². The van der Waals surface area contributed by atoms with Crippen molar-refractivity contribution in [3.05, 3.63) is 59.8 Å². The summed E-state index contributed by atoms with van der Waals surface area (Å²) in [4.78, 5) is 10.3. The van der Waals surface area contributed by atoms with Crippen molar-refractivity contribution in [1.82, 2.24) is 5.32 Å². The van der Waals surface area contributed by atoms with Gasteiger partial charge in [-0.3, -0.25) is 4.79 Å². The van der Waals surface area contributed by atoms with Crippen LogP contribution in [0.25, 0.3) is 0 Å². The molecule has 0 bridgehead atoms. The highest BCUT2D eigenvalue weighted by molar-refractivity contribution is 5.87. The van der Waals surface area contributed by atoms with Gasteiger partial charge in [0.1, 0.15) is 0 Å². The molecule has 0 radical (unpaired) electrons. The van der Waals surface area contributed by atoms with E-state index in [2.05, 4.69) is 43.4 Å². The summed E-state index contributed by atoms with van der Waals surface area (Å²) >= 11 is 0. The van der Waals surface area contributed by atoms with Crippen molar-refractivity contribution in [1.29, 1.82) is 0 Å². The monoisotopic (exact) mass is 245 g/mol. The van der Waals surface area contributed by atoms with Crippen LogP contribution in [0.3, 0.4) is 0 Å². The van der Waals surface area contributed by atoms with E-state index in [1.807, 2.05) is 0 Å². The first-order valence-corrected chi connectivity index (χ1v) is 6.16. The molecule has 0 atom stereocenters. The molecule has 18 heavy (non-hydrogen) atoms. The van der Waals surface area contributed by atoms with Crippen LogP contribution in [-0.2, 0) is 11.2 Å². The third-order valence-corrected chi connectivity index (χ3v) is 2.23. The molecule has 2 nitrogen and oxygen atoms in total. The molecule has 0 aliphatic rings. The van der Waals surface area contributed by atoms with Crippen LogP contribution in [0, 0.1) is 6.92 Å². The highest BCUT2D eigenvalue weighted by atomic mass is 16.1. The fraction of sp³-hybridized carbons (Fsp3) is 0.312. The Morgan fingerprint density at radius 2 is 1.83 bits per heavy atom. The summed E-state index contributed by atoms with van der Waals surface area (Å²) in [5.41, 5.74) is 2.76. The van der Waals surface area contributed by atoms with E-state index < -0.39 is 0 Å². The largest absolute Gasteiger partial charge is 0.394 e. The summed E-state index contributed by atoms with van der Waals surface area (Å²) in [6, 6.07) is 8.66. The molecule has 0 heterocycles. The molecule has 0 fully saturated rings. The fourth-order valence-electron chi connectivity index (χ4n) is 1.17. The van der Waals surface area contributed by atoms with Crippen LogP contribution in [-0.4, -0.2) is 12.8 Å². The molecule has 0 saturated heterocycles. The lowest BCUT2D eigenvalue weighted by Gasteiger charge is -1.94. The quantitative estimate of drug-likeness (QED) is 0.650. The lowest BCUT2D eigenvalue weighted by atomic mass is 10.1. The Balaban J connectivity index is 0.000000321. The summed E-state index contributed by atoms with van der Waals surface area (Å²) in [5, 5.41) is 2.80. The smallest absolute Gasteiger partial charge is 0.152 e. The zero-order valence-electron chi connectivity index (χ0n) is 11.7. The predicted molar refractivity (Wildman–Crippen MR) is 78.6 cm³/mol. The van der Waals surface area contributed by atoms with Gasteiger partial charge in [0.25, 0.3) is 0 Å². The number of aryl methyl sites for hydroxylation is 2. The normalized spacial score (nSPS) is 10.2. The zero-order valence-corrected chi connectivity index (χ0v) is 11.7. The molecule has 1 rings (SSSR count). The van der Waals surface area contributed by atoms with Crippen molar-refractivity contribution in [2.24, 2.45) is 0 Å². The van der Waals surface area contributed by atoms with Gasteiger partial charge in [-0.2, -0.15) is 0 Å². The molecule has 0 amide bonds. The minimum absolute atomic E-state index is 0.0655.